The van der Waals surface area contributed by atoms with Crippen LogP contribution in [0.1, 0.15) is 44.0 Å². The van der Waals surface area contributed by atoms with Crippen molar-refractivity contribution in [3.8, 4) is 11.5 Å². The van der Waals surface area contributed by atoms with Gasteiger partial charge in [-0.2, -0.15) is 5.10 Å². The summed E-state index contributed by atoms with van der Waals surface area (Å²) in [5.74, 6) is 2.31. The number of hydrogen-bond donors (Lipinski definition) is 0. The first-order chi connectivity index (χ1) is 13.8. The van der Waals surface area contributed by atoms with E-state index in [2.05, 4.69) is 11.5 Å². The van der Waals surface area contributed by atoms with Crippen LogP contribution in [0.25, 0.3) is 0 Å². The highest BCUT2D eigenvalue weighted by Gasteiger charge is 2.28. The molecule has 1 aromatic heterocycles. The minimum atomic E-state index is -0.287. The number of hydrogen-bond acceptors (Lipinski definition) is 5. The summed E-state index contributed by atoms with van der Waals surface area (Å²) in [6.45, 7) is 7.83. The summed E-state index contributed by atoms with van der Waals surface area (Å²) in [4.78, 5) is 2.46. The number of allylic oxidation sites excluding steroid dienone is 1. The maximum absolute atomic E-state index is 6.18. The second-order valence-corrected chi connectivity index (χ2v) is 7.80. The minimum Gasteiger partial charge on any atom is -0.485 e. The highest BCUT2D eigenvalue weighted by molar-refractivity contribution is 7.71. The molecule has 1 aromatic carbocycles. The van der Waals surface area contributed by atoms with E-state index < -0.39 is 0 Å². The topological polar surface area (TPSA) is 44.5 Å². The lowest BCUT2D eigenvalue weighted by molar-refractivity contribution is 0.0816. The van der Waals surface area contributed by atoms with Crippen LogP contribution in [0.3, 0.4) is 0 Å². The van der Waals surface area contributed by atoms with Crippen LogP contribution < -0.4 is 9.47 Å². The Morgan fingerprint density at radius 1 is 1.11 bits per heavy atom. The van der Waals surface area contributed by atoms with E-state index in [4.69, 9.17) is 26.8 Å². The third-order valence-electron chi connectivity index (χ3n) is 5.34. The standard InChI is InChI=1S/C21H28N4O2S/c1-2-12-24-20(19-15-26-17-10-6-7-11-18(17)27-19)22-25(21(24)28)16-23-13-8-4-3-5-9-14-23/h2,6-7,10-11,19H,1,3-5,8-9,12-16H2/t19-/m1/s1. The molecule has 28 heavy (non-hydrogen) atoms. The second kappa shape index (κ2) is 8.92. The molecule has 0 aliphatic carbocycles. The highest BCUT2D eigenvalue weighted by atomic mass is 32.1. The van der Waals surface area contributed by atoms with Crippen molar-refractivity contribution in [1.82, 2.24) is 19.2 Å². The smallest absolute Gasteiger partial charge is 0.199 e. The van der Waals surface area contributed by atoms with Crippen molar-refractivity contribution in [1.29, 1.82) is 0 Å². The molecule has 7 heteroatoms. The number of fused-ring (bicyclic) bond motifs is 1. The van der Waals surface area contributed by atoms with Crippen LogP contribution in [-0.2, 0) is 13.2 Å². The third kappa shape index (κ3) is 4.15. The summed E-state index contributed by atoms with van der Waals surface area (Å²) in [6.07, 6.45) is 8.01. The number of para-hydroxylation sites is 2. The van der Waals surface area contributed by atoms with E-state index in [0.717, 1.165) is 37.1 Å². The summed E-state index contributed by atoms with van der Waals surface area (Å²) in [7, 11) is 0. The lowest BCUT2D eigenvalue weighted by atomic mass is 10.1. The van der Waals surface area contributed by atoms with Crippen molar-refractivity contribution in [2.45, 2.75) is 51.4 Å². The number of ether oxygens (including phenoxy) is 2. The molecule has 1 fully saturated rings. The van der Waals surface area contributed by atoms with E-state index in [1.807, 2.05) is 39.6 Å². The van der Waals surface area contributed by atoms with Gasteiger partial charge in [-0.1, -0.05) is 37.5 Å². The molecular weight excluding hydrogens is 372 g/mol. The minimum absolute atomic E-state index is 0.287. The lowest BCUT2D eigenvalue weighted by Crippen LogP contribution is -2.30. The van der Waals surface area contributed by atoms with E-state index in [1.54, 1.807) is 0 Å². The number of rotatable bonds is 5. The molecule has 2 aliphatic heterocycles. The average Bonchev–Trinajstić information content (AvgIpc) is 2.99. The monoisotopic (exact) mass is 400 g/mol. The van der Waals surface area contributed by atoms with E-state index in [-0.39, 0.29) is 6.10 Å². The second-order valence-electron chi connectivity index (χ2n) is 7.43. The largest absolute Gasteiger partial charge is 0.485 e. The molecule has 0 radical (unpaired) electrons. The zero-order chi connectivity index (χ0) is 19.3. The van der Waals surface area contributed by atoms with Gasteiger partial charge in [-0.3, -0.25) is 9.47 Å². The van der Waals surface area contributed by atoms with Crippen molar-refractivity contribution < 1.29 is 9.47 Å². The average molecular weight is 401 g/mol. The maximum atomic E-state index is 6.18. The molecular formula is C21H28N4O2S. The lowest BCUT2D eigenvalue weighted by Gasteiger charge is -2.26. The maximum Gasteiger partial charge on any atom is 0.199 e. The zero-order valence-electron chi connectivity index (χ0n) is 16.3. The molecule has 0 spiro atoms. The first kappa shape index (κ1) is 19.2. The molecule has 0 amide bonds. The van der Waals surface area contributed by atoms with Crippen molar-refractivity contribution in [2.24, 2.45) is 0 Å². The predicted molar refractivity (Wildman–Crippen MR) is 111 cm³/mol. The first-order valence-electron chi connectivity index (χ1n) is 10.2. The predicted octanol–water partition coefficient (Wildman–Crippen LogP) is 4.34. The molecule has 0 saturated carbocycles. The van der Waals surface area contributed by atoms with Crippen LogP contribution in [0.2, 0.25) is 0 Å². The van der Waals surface area contributed by atoms with Gasteiger partial charge in [0.15, 0.2) is 28.2 Å². The van der Waals surface area contributed by atoms with Gasteiger partial charge in [-0.25, -0.2) is 4.68 Å². The Morgan fingerprint density at radius 3 is 2.57 bits per heavy atom. The fraction of sp³-hybridized carbons (Fsp3) is 0.524. The van der Waals surface area contributed by atoms with Gasteiger partial charge in [0.25, 0.3) is 0 Å². The van der Waals surface area contributed by atoms with Crippen LogP contribution in [0.4, 0.5) is 0 Å². The van der Waals surface area contributed by atoms with Gasteiger partial charge in [0.2, 0.25) is 0 Å². The number of benzene rings is 1. The van der Waals surface area contributed by atoms with Gasteiger partial charge in [0.05, 0.1) is 6.67 Å². The summed E-state index contributed by atoms with van der Waals surface area (Å²) in [6, 6.07) is 7.73. The van der Waals surface area contributed by atoms with Crippen molar-refractivity contribution >= 4 is 12.2 Å². The van der Waals surface area contributed by atoms with Gasteiger partial charge in [-0.15, -0.1) is 6.58 Å². The van der Waals surface area contributed by atoms with Gasteiger partial charge in [0.1, 0.15) is 6.61 Å². The molecule has 0 N–H and O–H groups in total. The summed E-state index contributed by atoms with van der Waals surface area (Å²) >= 11 is 5.75. The third-order valence-corrected chi connectivity index (χ3v) is 5.77. The van der Waals surface area contributed by atoms with Crippen LogP contribution in [-0.4, -0.2) is 38.9 Å². The molecule has 2 aliphatic rings. The van der Waals surface area contributed by atoms with Crippen LogP contribution >= 0.6 is 12.2 Å². The molecule has 3 heterocycles. The molecule has 2 aromatic rings. The van der Waals surface area contributed by atoms with E-state index in [1.165, 1.54) is 32.1 Å². The fourth-order valence-electron chi connectivity index (χ4n) is 3.88. The van der Waals surface area contributed by atoms with E-state index in [9.17, 15) is 0 Å². The Morgan fingerprint density at radius 2 is 1.82 bits per heavy atom. The molecule has 4 rings (SSSR count). The quantitative estimate of drug-likeness (QED) is 0.552. The van der Waals surface area contributed by atoms with Gasteiger partial charge >= 0.3 is 0 Å². The Kier molecular flexibility index (Phi) is 6.12. The zero-order valence-corrected chi connectivity index (χ0v) is 17.1. The van der Waals surface area contributed by atoms with E-state index in [0.29, 0.717) is 17.9 Å². The van der Waals surface area contributed by atoms with Gasteiger partial charge in [0, 0.05) is 6.54 Å². The van der Waals surface area contributed by atoms with Crippen LogP contribution in [0.5, 0.6) is 11.5 Å². The molecule has 150 valence electrons. The van der Waals surface area contributed by atoms with E-state index >= 15 is 0 Å². The number of likely N-dealkylation sites (tertiary alicyclic amines) is 1. The molecule has 0 unspecified atom stereocenters. The van der Waals surface area contributed by atoms with Crippen LogP contribution in [0.15, 0.2) is 36.9 Å². The van der Waals surface area contributed by atoms with Gasteiger partial charge < -0.3 is 9.47 Å². The molecule has 0 bridgehead atoms. The number of aromatic nitrogens is 3. The summed E-state index contributed by atoms with van der Waals surface area (Å²) < 4.78 is 16.7. The van der Waals surface area contributed by atoms with Crippen molar-refractivity contribution in [3.63, 3.8) is 0 Å². The number of nitrogens with zero attached hydrogens (tertiary/aromatic N) is 4. The summed E-state index contributed by atoms with van der Waals surface area (Å²) in [5, 5.41) is 4.85. The fourth-order valence-corrected chi connectivity index (χ4v) is 4.15. The highest BCUT2D eigenvalue weighted by Crippen LogP contribution is 2.35. The van der Waals surface area contributed by atoms with Crippen molar-refractivity contribution in [2.75, 3.05) is 19.7 Å². The summed E-state index contributed by atoms with van der Waals surface area (Å²) in [5.41, 5.74) is 0. The first-order valence-corrected chi connectivity index (χ1v) is 10.6. The van der Waals surface area contributed by atoms with Crippen LogP contribution in [0, 0.1) is 4.77 Å². The van der Waals surface area contributed by atoms with Crippen molar-refractivity contribution in [3.05, 3.63) is 47.5 Å². The Labute approximate surface area is 171 Å². The Balaban J connectivity index is 1.58. The molecule has 6 nitrogen and oxygen atoms in total. The Bertz CT molecular complexity index is 868. The van der Waals surface area contributed by atoms with Gasteiger partial charge in [-0.05, 0) is 50.3 Å². The SMILES string of the molecule is C=CCn1c([C@H]2COc3ccccc3O2)nn(CN2CCCCCCC2)c1=S. The molecule has 1 atom stereocenters. The Hall–Kier alpha value is -2.12. The normalized spacial score (nSPS) is 20.4. The molecule has 1 saturated heterocycles.